The second kappa shape index (κ2) is 7.60. The van der Waals surface area contributed by atoms with E-state index in [0.717, 1.165) is 45.8 Å². The third-order valence-electron chi connectivity index (χ3n) is 4.53. The Morgan fingerprint density at radius 2 is 1.93 bits per heavy atom. The van der Waals surface area contributed by atoms with Crippen LogP contribution in [0, 0.1) is 6.92 Å². The minimum atomic E-state index is 0.666. The smallest absolute Gasteiger partial charge is 0.198 e. The lowest BCUT2D eigenvalue weighted by atomic mass is 9.97. The number of allylic oxidation sites excluding steroid dienone is 1. The van der Waals surface area contributed by atoms with Crippen LogP contribution in [0.3, 0.4) is 0 Å². The van der Waals surface area contributed by atoms with Crippen LogP contribution in [-0.4, -0.2) is 29.7 Å². The van der Waals surface area contributed by atoms with E-state index >= 15 is 0 Å². The van der Waals surface area contributed by atoms with Crippen LogP contribution in [0.4, 0.5) is 0 Å². The van der Waals surface area contributed by atoms with Gasteiger partial charge in [0, 0.05) is 35.8 Å². The summed E-state index contributed by atoms with van der Waals surface area (Å²) in [6, 6.07) is 3.90. The van der Waals surface area contributed by atoms with Crippen LogP contribution in [0.1, 0.15) is 36.8 Å². The monoisotopic (exact) mass is 378 g/mol. The lowest BCUT2D eigenvalue weighted by Crippen LogP contribution is -2.10. The quantitative estimate of drug-likeness (QED) is 0.493. The van der Waals surface area contributed by atoms with Gasteiger partial charge in [-0.3, -0.25) is 9.55 Å². The summed E-state index contributed by atoms with van der Waals surface area (Å²) in [6.45, 7) is 8.71. The minimum Gasteiger partial charge on any atom is -0.298 e. The molecule has 0 atom stereocenters. The van der Waals surface area contributed by atoms with Crippen LogP contribution in [0.15, 0.2) is 46.9 Å². The molecule has 0 aliphatic heterocycles. The summed E-state index contributed by atoms with van der Waals surface area (Å²) < 4.78 is 2.11. The first-order chi connectivity index (χ1) is 13.1. The van der Waals surface area contributed by atoms with E-state index in [1.54, 1.807) is 24.2 Å². The van der Waals surface area contributed by atoms with E-state index in [-0.39, 0.29) is 0 Å². The van der Waals surface area contributed by atoms with E-state index in [1.165, 1.54) is 24.1 Å². The Morgan fingerprint density at radius 3 is 2.70 bits per heavy atom. The molecule has 0 aromatic carbocycles. The van der Waals surface area contributed by atoms with Gasteiger partial charge in [-0.15, -0.1) is 10.2 Å². The van der Waals surface area contributed by atoms with Crippen LogP contribution < -0.4 is 0 Å². The van der Waals surface area contributed by atoms with Crippen molar-refractivity contribution < 1.29 is 0 Å². The number of aromatic nitrogens is 6. The Kier molecular flexibility index (Phi) is 5.03. The fourth-order valence-corrected chi connectivity index (χ4v) is 4.38. The van der Waals surface area contributed by atoms with Crippen molar-refractivity contribution in [1.29, 1.82) is 0 Å². The van der Waals surface area contributed by atoms with E-state index in [0.29, 0.717) is 6.54 Å². The molecule has 27 heavy (non-hydrogen) atoms. The molecular weight excluding hydrogens is 356 g/mol. The average molecular weight is 379 g/mol. The van der Waals surface area contributed by atoms with E-state index in [2.05, 4.69) is 31.3 Å². The minimum absolute atomic E-state index is 0.666. The molecule has 3 aromatic rings. The highest BCUT2D eigenvalue weighted by Crippen LogP contribution is 2.34. The summed E-state index contributed by atoms with van der Waals surface area (Å²) >= 11 is 1.58. The first kappa shape index (κ1) is 17.9. The Balaban J connectivity index is 1.76. The summed E-state index contributed by atoms with van der Waals surface area (Å²) in [4.78, 5) is 13.5. The van der Waals surface area contributed by atoms with Crippen molar-refractivity contribution in [3.63, 3.8) is 0 Å². The maximum absolute atomic E-state index is 4.72. The number of pyridine rings is 1. The van der Waals surface area contributed by atoms with Crippen LogP contribution in [0.5, 0.6) is 0 Å². The van der Waals surface area contributed by atoms with E-state index in [1.807, 2.05) is 26.0 Å². The average Bonchev–Trinajstić information content (AvgIpc) is 3.04. The van der Waals surface area contributed by atoms with Gasteiger partial charge in [-0.25, -0.2) is 9.97 Å². The maximum Gasteiger partial charge on any atom is 0.198 e. The van der Waals surface area contributed by atoms with Gasteiger partial charge in [-0.05, 0) is 63.4 Å². The van der Waals surface area contributed by atoms with Crippen LogP contribution in [0.2, 0.25) is 0 Å². The van der Waals surface area contributed by atoms with E-state index in [9.17, 15) is 0 Å². The molecule has 0 bridgehead atoms. The van der Waals surface area contributed by atoms with Crippen molar-refractivity contribution in [3.05, 3.63) is 53.8 Å². The van der Waals surface area contributed by atoms with E-state index < -0.39 is 0 Å². The molecule has 0 fully saturated rings. The summed E-state index contributed by atoms with van der Waals surface area (Å²) in [5.74, 6) is 1.64. The highest BCUT2D eigenvalue weighted by atomic mass is 32.2. The molecule has 0 unspecified atom stereocenters. The highest BCUT2D eigenvalue weighted by molar-refractivity contribution is 7.99. The number of aryl methyl sites for hydroxylation is 2. The van der Waals surface area contributed by atoms with Gasteiger partial charge in [-0.2, -0.15) is 0 Å². The first-order valence-electron chi connectivity index (χ1n) is 9.14. The van der Waals surface area contributed by atoms with Gasteiger partial charge in [-0.1, -0.05) is 12.2 Å². The highest BCUT2D eigenvalue weighted by Gasteiger charge is 2.21. The second-order valence-corrected chi connectivity index (χ2v) is 7.85. The Labute approximate surface area is 163 Å². The standard InChI is InChI=1S/C20H22N6S/c1-13(2)12-26-18(15-8-10-21-11-9-15)24-25-20(26)27-19-16-6-4-5-7-17(16)22-14(3)23-19/h8-11H,1,4-7,12H2,2-3H3. The largest absolute Gasteiger partial charge is 0.298 e. The molecule has 7 heteroatoms. The summed E-state index contributed by atoms with van der Waals surface area (Å²) in [5, 5.41) is 10.8. The molecule has 0 amide bonds. The zero-order valence-electron chi connectivity index (χ0n) is 15.6. The Bertz CT molecular complexity index is 980. The van der Waals surface area contributed by atoms with Gasteiger partial charge >= 0.3 is 0 Å². The molecule has 3 aromatic heterocycles. The van der Waals surface area contributed by atoms with Gasteiger partial charge in [0.15, 0.2) is 11.0 Å². The van der Waals surface area contributed by atoms with Crippen LogP contribution >= 0.6 is 11.8 Å². The molecule has 4 rings (SSSR count). The van der Waals surface area contributed by atoms with E-state index in [4.69, 9.17) is 4.98 Å². The summed E-state index contributed by atoms with van der Waals surface area (Å²) in [7, 11) is 0. The SMILES string of the molecule is C=C(C)Cn1c(Sc2nc(C)nc3c2CCCC3)nnc1-c1ccncc1. The van der Waals surface area contributed by atoms with Gasteiger partial charge in [0.05, 0.1) is 0 Å². The molecule has 138 valence electrons. The first-order valence-corrected chi connectivity index (χ1v) is 9.95. The molecule has 0 spiro atoms. The third kappa shape index (κ3) is 3.78. The maximum atomic E-state index is 4.72. The number of hydrogen-bond donors (Lipinski definition) is 0. The van der Waals surface area contributed by atoms with Crippen molar-refractivity contribution in [2.45, 2.75) is 56.3 Å². The summed E-state index contributed by atoms with van der Waals surface area (Å²) in [6.07, 6.45) is 7.99. The van der Waals surface area contributed by atoms with Crippen LogP contribution in [0.25, 0.3) is 11.4 Å². The van der Waals surface area contributed by atoms with Gasteiger partial charge in [0.2, 0.25) is 0 Å². The van der Waals surface area contributed by atoms with Crippen molar-refractivity contribution >= 4 is 11.8 Å². The van der Waals surface area contributed by atoms with Crippen molar-refractivity contribution in [2.75, 3.05) is 0 Å². The van der Waals surface area contributed by atoms with Gasteiger partial charge in [0.25, 0.3) is 0 Å². The number of hydrogen-bond acceptors (Lipinski definition) is 6. The number of nitrogens with zero attached hydrogens (tertiary/aromatic N) is 6. The molecule has 0 N–H and O–H groups in total. The third-order valence-corrected chi connectivity index (χ3v) is 5.54. The molecular formula is C20H22N6S. The molecule has 1 aliphatic carbocycles. The topological polar surface area (TPSA) is 69.4 Å². The predicted octanol–water partition coefficient (Wildman–Crippen LogP) is 4.04. The van der Waals surface area contributed by atoms with Crippen LogP contribution in [-0.2, 0) is 19.4 Å². The Morgan fingerprint density at radius 1 is 1.15 bits per heavy atom. The zero-order chi connectivity index (χ0) is 18.8. The molecule has 0 saturated heterocycles. The van der Waals surface area contributed by atoms with Crippen molar-refractivity contribution in [2.24, 2.45) is 0 Å². The van der Waals surface area contributed by atoms with Crippen molar-refractivity contribution in [1.82, 2.24) is 29.7 Å². The lowest BCUT2D eigenvalue weighted by Gasteiger charge is -2.18. The lowest BCUT2D eigenvalue weighted by molar-refractivity contribution is 0.638. The molecule has 0 saturated carbocycles. The predicted molar refractivity (Wildman–Crippen MR) is 106 cm³/mol. The molecule has 6 nitrogen and oxygen atoms in total. The fourth-order valence-electron chi connectivity index (χ4n) is 3.34. The second-order valence-electron chi connectivity index (χ2n) is 6.90. The van der Waals surface area contributed by atoms with Crippen molar-refractivity contribution in [3.8, 4) is 11.4 Å². The fraction of sp³-hybridized carbons (Fsp3) is 0.350. The Hall–Kier alpha value is -2.54. The molecule has 3 heterocycles. The number of fused-ring (bicyclic) bond motifs is 1. The zero-order valence-corrected chi connectivity index (χ0v) is 16.5. The molecule has 1 aliphatic rings. The normalized spacial score (nSPS) is 13.4. The van der Waals surface area contributed by atoms with Gasteiger partial charge in [0.1, 0.15) is 10.9 Å². The summed E-state index contributed by atoms with van der Waals surface area (Å²) in [5.41, 5.74) is 4.50. The van der Waals surface area contributed by atoms with Gasteiger partial charge < -0.3 is 0 Å². The number of rotatable bonds is 5. The molecule has 0 radical (unpaired) electrons.